The molecule has 54 valence electrons. The van der Waals surface area contributed by atoms with Crippen molar-refractivity contribution < 1.29 is 0 Å². The summed E-state index contributed by atoms with van der Waals surface area (Å²) >= 11 is 7.20. The molecule has 10 heavy (non-hydrogen) atoms. The lowest BCUT2D eigenvalue weighted by molar-refractivity contribution is 1.42. The Balaban J connectivity index is 0.000000162. The standard InChI is InChI=1S/C4H5N.C2H3NS2/c1-2-4-5-3-1;3-1-2(4)5/h1-5H;2,4-5H. The molecule has 1 N–H and O–H groups in total. The third-order valence-electron chi connectivity index (χ3n) is 0.611. The molecule has 0 atom stereocenters. The maximum atomic E-state index is 7.74. The van der Waals surface area contributed by atoms with E-state index in [1.54, 1.807) is 6.07 Å². The summed E-state index contributed by atoms with van der Waals surface area (Å²) < 4.78 is -0.421. The predicted octanol–water partition coefficient (Wildman–Crippen LogP) is 1.71. The van der Waals surface area contributed by atoms with Crippen LogP contribution in [0, 0.1) is 11.3 Å². The first-order valence-electron chi connectivity index (χ1n) is 2.61. The molecule has 0 saturated carbocycles. The quantitative estimate of drug-likeness (QED) is 0.404. The lowest BCUT2D eigenvalue weighted by Crippen LogP contribution is -1.71. The number of nitrogens with one attached hydrogen (secondary N) is 1. The van der Waals surface area contributed by atoms with Gasteiger partial charge < -0.3 is 4.98 Å². The van der Waals surface area contributed by atoms with Crippen molar-refractivity contribution in [2.75, 3.05) is 0 Å². The van der Waals surface area contributed by atoms with Crippen LogP contribution in [0.15, 0.2) is 24.5 Å². The number of hydrogen-bond donors (Lipinski definition) is 3. The van der Waals surface area contributed by atoms with Crippen molar-refractivity contribution in [2.45, 2.75) is 4.58 Å². The number of aromatic amines is 1. The van der Waals surface area contributed by atoms with Crippen LogP contribution in [-0.2, 0) is 0 Å². The van der Waals surface area contributed by atoms with Gasteiger partial charge in [0.15, 0.2) is 0 Å². The number of hydrogen-bond acceptors (Lipinski definition) is 3. The van der Waals surface area contributed by atoms with E-state index in [1.165, 1.54) is 0 Å². The van der Waals surface area contributed by atoms with Gasteiger partial charge in [0.25, 0.3) is 0 Å². The van der Waals surface area contributed by atoms with Crippen LogP contribution >= 0.6 is 25.3 Å². The molecule has 1 rings (SSSR count). The van der Waals surface area contributed by atoms with Crippen molar-refractivity contribution in [2.24, 2.45) is 0 Å². The van der Waals surface area contributed by atoms with Gasteiger partial charge in [-0.3, -0.25) is 0 Å². The van der Waals surface area contributed by atoms with Crippen LogP contribution in [-0.4, -0.2) is 9.57 Å². The fourth-order valence-corrected chi connectivity index (χ4v) is 0.278. The van der Waals surface area contributed by atoms with Gasteiger partial charge in [-0.1, -0.05) is 0 Å². The fourth-order valence-electron chi connectivity index (χ4n) is 0.278. The molecule has 0 spiro atoms. The minimum Gasteiger partial charge on any atom is -0.368 e. The van der Waals surface area contributed by atoms with Crippen molar-refractivity contribution in [1.29, 1.82) is 5.26 Å². The maximum Gasteiger partial charge on any atom is 0.132 e. The Morgan fingerprint density at radius 1 is 1.30 bits per heavy atom. The molecule has 0 radical (unpaired) electrons. The van der Waals surface area contributed by atoms with E-state index >= 15 is 0 Å². The van der Waals surface area contributed by atoms with E-state index < -0.39 is 4.58 Å². The molecular formula is C6H8N2S2. The molecule has 0 amide bonds. The molecule has 1 aromatic rings. The largest absolute Gasteiger partial charge is 0.368 e. The lowest BCUT2D eigenvalue weighted by atomic mass is 10.7. The molecule has 0 bridgehead atoms. The summed E-state index contributed by atoms with van der Waals surface area (Å²) in [5.74, 6) is 0. The fraction of sp³-hybridized carbons (Fsp3) is 0.167. The number of nitriles is 1. The van der Waals surface area contributed by atoms with Gasteiger partial charge in [0.2, 0.25) is 0 Å². The molecule has 0 aliphatic rings. The molecule has 0 aliphatic carbocycles. The van der Waals surface area contributed by atoms with Gasteiger partial charge in [-0.15, -0.1) is 0 Å². The highest BCUT2D eigenvalue weighted by molar-refractivity contribution is 7.99. The third-order valence-corrected chi connectivity index (χ3v) is 0.842. The van der Waals surface area contributed by atoms with E-state index in [4.69, 9.17) is 5.26 Å². The Kier molecular flexibility index (Phi) is 6.24. The molecule has 2 nitrogen and oxygen atoms in total. The van der Waals surface area contributed by atoms with Gasteiger partial charge >= 0.3 is 0 Å². The zero-order valence-electron chi connectivity index (χ0n) is 5.23. The minimum absolute atomic E-state index is 0.421. The summed E-state index contributed by atoms with van der Waals surface area (Å²) in [6.45, 7) is 0. The second kappa shape index (κ2) is 6.59. The summed E-state index contributed by atoms with van der Waals surface area (Å²) in [6.07, 6.45) is 3.75. The van der Waals surface area contributed by atoms with Crippen LogP contribution in [0.1, 0.15) is 0 Å². The van der Waals surface area contributed by atoms with Gasteiger partial charge in [-0.2, -0.15) is 30.5 Å². The van der Waals surface area contributed by atoms with Gasteiger partial charge in [0, 0.05) is 12.4 Å². The Hall–Kier alpha value is -0.530. The number of nitrogens with zero attached hydrogens (tertiary/aromatic N) is 1. The van der Waals surface area contributed by atoms with Crippen molar-refractivity contribution in [3.8, 4) is 6.07 Å². The first-order valence-corrected chi connectivity index (χ1v) is 3.64. The Morgan fingerprint density at radius 2 is 1.70 bits per heavy atom. The number of rotatable bonds is 0. The maximum absolute atomic E-state index is 7.74. The number of H-pyrrole nitrogens is 1. The topological polar surface area (TPSA) is 39.6 Å². The summed E-state index contributed by atoms with van der Waals surface area (Å²) in [5, 5.41) is 7.74. The van der Waals surface area contributed by atoms with Gasteiger partial charge in [0.05, 0.1) is 6.07 Å². The molecule has 0 fully saturated rings. The molecule has 0 unspecified atom stereocenters. The Morgan fingerprint density at radius 3 is 1.80 bits per heavy atom. The van der Waals surface area contributed by atoms with Crippen molar-refractivity contribution in [1.82, 2.24) is 4.98 Å². The zero-order chi connectivity index (χ0) is 7.82. The molecule has 0 saturated heterocycles. The smallest absolute Gasteiger partial charge is 0.132 e. The summed E-state index contributed by atoms with van der Waals surface area (Å²) in [4.78, 5) is 2.86. The second-order valence-corrected chi connectivity index (χ2v) is 2.83. The van der Waals surface area contributed by atoms with E-state index in [-0.39, 0.29) is 0 Å². The van der Waals surface area contributed by atoms with Crippen LogP contribution in [0.5, 0.6) is 0 Å². The third kappa shape index (κ3) is 7.47. The van der Waals surface area contributed by atoms with E-state index in [0.29, 0.717) is 0 Å². The van der Waals surface area contributed by atoms with E-state index in [1.807, 2.05) is 24.5 Å². The van der Waals surface area contributed by atoms with Gasteiger partial charge in [-0.25, -0.2) is 0 Å². The average Bonchev–Trinajstić information content (AvgIpc) is 2.43. The molecular weight excluding hydrogens is 164 g/mol. The van der Waals surface area contributed by atoms with E-state index in [0.717, 1.165) is 0 Å². The Labute approximate surface area is 71.1 Å². The van der Waals surface area contributed by atoms with Crippen LogP contribution in [0.25, 0.3) is 0 Å². The van der Waals surface area contributed by atoms with Crippen molar-refractivity contribution >= 4 is 25.3 Å². The van der Waals surface area contributed by atoms with Gasteiger partial charge in [0.1, 0.15) is 4.58 Å². The highest BCUT2D eigenvalue weighted by Gasteiger charge is 1.80. The molecule has 4 heteroatoms. The predicted molar refractivity (Wildman–Crippen MR) is 48.2 cm³/mol. The monoisotopic (exact) mass is 172 g/mol. The first kappa shape index (κ1) is 9.47. The Bertz CT molecular complexity index is 159. The van der Waals surface area contributed by atoms with Crippen LogP contribution in [0.2, 0.25) is 0 Å². The summed E-state index contributed by atoms with van der Waals surface area (Å²) in [6, 6.07) is 5.65. The molecule has 1 aromatic heterocycles. The molecule has 1 heterocycles. The van der Waals surface area contributed by atoms with Crippen molar-refractivity contribution in [3.05, 3.63) is 24.5 Å². The summed E-state index contributed by atoms with van der Waals surface area (Å²) in [5.41, 5.74) is 0. The molecule has 0 aliphatic heterocycles. The summed E-state index contributed by atoms with van der Waals surface area (Å²) in [7, 11) is 0. The first-order chi connectivity index (χ1) is 4.77. The lowest BCUT2D eigenvalue weighted by Gasteiger charge is -1.74. The van der Waals surface area contributed by atoms with Crippen molar-refractivity contribution in [3.63, 3.8) is 0 Å². The average molecular weight is 172 g/mol. The van der Waals surface area contributed by atoms with E-state index in [9.17, 15) is 0 Å². The van der Waals surface area contributed by atoms with E-state index in [2.05, 4.69) is 30.2 Å². The number of thiol groups is 2. The zero-order valence-corrected chi connectivity index (χ0v) is 7.02. The number of aromatic nitrogens is 1. The SMILES string of the molecule is N#CC(S)S.c1cc[nH]c1. The highest BCUT2D eigenvalue weighted by atomic mass is 32.2. The van der Waals surface area contributed by atoms with Crippen LogP contribution < -0.4 is 0 Å². The normalized spacial score (nSPS) is 7.80. The second-order valence-electron chi connectivity index (χ2n) is 1.39. The highest BCUT2D eigenvalue weighted by Crippen LogP contribution is 1.93. The van der Waals surface area contributed by atoms with Gasteiger partial charge in [-0.05, 0) is 12.1 Å². The minimum atomic E-state index is -0.421. The van der Waals surface area contributed by atoms with Crippen LogP contribution in [0.4, 0.5) is 0 Å². The van der Waals surface area contributed by atoms with Crippen LogP contribution in [0.3, 0.4) is 0 Å². The molecule has 0 aromatic carbocycles.